The summed E-state index contributed by atoms with van der Waals surface area (Å²) in [5.74, 6) is 0. The van der Waals surface area contributed by atoms with Crippen molar-refractivity contribution in [3.63, 3.8) is 0 Å². The number of hydrogen-bond donors (Lipinski definition) is 0. The fourth-order valence-corrected chi connectivity index (χ4v) is 3.54. The average Bonchev–Trinajstić information content (AvgIpc) is 2.67. The third-order valence-corrected chi connectivity index (χ3v) is 4.87. The van der Waals surface area contributed by atoms with Gasteiger partial charge in [0.25, 0.3) is 5.69 Å². The Morgan fingerprint density at radius 1 is 0.962 bits per heavy atom. The van der Waals surface area contributed by atoms with Crippen LogP contribution in [0.25, 0.3) is 10.9 Å². The molecule has 2 aromatic carbocycles. The minimum atomic E-state index is -0.362. The Balaban J connectivity index is 1.53. The van der Waals surface area contributed by atoms with E-state index in [-0.39, 0.29) is 10.6 Å². The number of hydrogen-bond acceptors (Lipinski definition) is 5. The number of fused-ring (bicyclic) bond motifs is 1. The van der Waals surface area contributed by atoms with Gasteiger partial charge in [-0.05, 0) is 31.2 Å². The average molecular weight is 348 g/mol. The number of rotatable bonds is 3. The van der Waals surface area contributed by atoms with E-state index in [0.717, 1.165) is 43.1 Å². The smallest absolute Gasteiger partial charge is 0.269 e. The van der Waals surface area contributed by atoms with Crippen molar-refractivity contribution in [3.8, 4) is 0 Å². The zero-order chi connectivity index (χ0) is 18.1. The molecule has 0 unspecified atom stereocenters. The van der Waals surface area contributed by atoms with E-state index >= 15 is 0 Å². The number of para-hydroxylation sites is 1. The maximum atomic E-state index is 10.8. The molecule has 6 heteroatoms. The Labute approximate surface area is 151 Å². The molecule has 1 aromatic heterocycles. The van der Waals surface area contributed by atoms with Gasteiger partial charge in [0.05, 0.1) is 10.4 Å². The molecule has 0 spiro atoms. The molecule has 1 aliphatic heterocycles. The quantitative estimate of drug-likeness (QED) is 0.532. The fourth-order valence-electron chi connectivity index (χ4n) is 3.54. The number of pyridine rings is 1. The number of benzene rings is 2. The van der Waals surface area contributed by atoms with Gasteiger partial charge in [0.2, 0.25) is 0 Å². The van der Waals surface area contributed by atoms with Gasteiger partial charge < -0.3 is 9.80 Å². The Morgan fingerprint density at radius 2 is 1.62 bits per heavy atom. The molecule has 0 saturated carbocycles. The number of nitro groups is 1. The molecule has 132 valence electrons. The van der Waals surface area contributed by atoms with Crippen LogP contribution in [0.5, 0.6) is 0 Å². The number of piperazine rings is 1. The molecule has 1 saturated heterocycles. The Morgan fingerprint density at radius 3 is 2.31 bits per heavy atom. The second-order valence-corrected chi connectivity index (χ2v) is 6.55. The number of aromatic nitrogens is 1. The second kappa shape index (κ2) is 6.63. The molecule has 6 nitrogen and oxygen atoms in total. The molecule has 0 bridgehead atoms. The van der Waals surface area contributed by atoms with E-state index in [1.807, 2.05) is 25.1 Å². The lowest BCUT2D eigenvalue weighted by Gasteiger charge is -2.37. The Kier molecular flexibility index (Phi) is 4.16. The van der Waals surface area contributed by atoms with Crippen LogP contribution in [0.4, 0.5) is 17.1 Å². The summed E-state index contributed by atoms with van der Waals surface area (Å²) in [7, 11) is 0. The maximum absolute atomic E-state index is 10.8. The summed E-state index contributed by atoms with van der Waals surface area (Å²) in [6, 6.07) is 17.2. The zero-order valence-corrected chi connectivity index (χ0v) is 14.6. The molecular weight excluding hydrogens is 328 g/mol. The lowest BCUT2D eigenvalue weighted by Crippen LogP contribution is -2.46. The standard InChI is InChI=1S/C20H20N4O2/c1-15-14-20(18-4-2-3-5-19(18)21-15)23-12-10-22(11-13-23)16-6-8-17(9-7-16)24(25)26/h2-9,14H,10-13H2,1H3. The van der Waals surface area contributed by atoms with E-state index in [1.54, 1.807) is 12.1 Å². The summed E-state index contributed by atoms with van der Waals surface area (Å²) < 4.78 is 0. The number of nitro benzene ring substituents is 1. The SMILES string of the molecule is Cc1cc(N2CCN(c3ccc([N+](=O)[O-])cc3)CC2)c2ccccc2n1. The van der Waals surface area contributed by atoms with Crippen LogP contribution in [0.3, 0.4) is 0 Å². The largest absolute Gasteiger partial charge is 0.368 e. The molecule has 2 heterocycles. The normalized spacial score (nSPS) is 14.7. The molecule has 0 radical (unpaired) electrons. The molecule has 0 amide bonds. The second-order valence-electron chi connectivity index (χ2n) is 6.55. The first-order valence-corrected chi connectivity index (χ1v) is 8.72. The molecule has 0 atom stereocenters. The Bertz CT molecular complexity index is 948. The highest BCUT2D eigenvalue weighted by atomic mass is 16.6. The van der Waals surface area contributed by atoms with Crippen LogP contribution < -0.4 is 9.80 Å². The molecule has 1 fully saturated rings. The number of non-ortho nitro benzene ring substituents is 1. The monoisotopic (exact) mass is 348 g/mol. The van der Waals surface area contributed by atoms with E-state index < -0.39 is 0 Å². The molecule has 1 aliphatic rings. The van der Waals surface area contributed by atoms with Crippen molar-refractivity contribution in [2.24, 2.45) is 0 Å². The van der Waals surface area contributed by atoms with Crippen molar-refractivity contribution in [2.75, 3.05) is 36.0 Å². The number of anilines is 2. The van der Waals surface area contributed by atoms with Crippen molar-refractivity contribution in [1.29, 1.82) is 0 Å². The van der Waals surface area contributed by atoms with Crippen LogP contribution in [0.1, 0.15) is 5.69 Å². The van der Waals surface area contributed by atoms with E-state index in [4.69, 9.17) is 0 Å². The topological polar surface area (TPSA) is 62.5 Å². The highest BCUT2D eigenvalue weighted by Crippen LogP contribution is 2.28. The van der Waals surface area contributed by atoms with Crippen LogP contribution in [0.15, 0.2) is 54.6 Å². The van der Waals surface area contributed by atoms with Gasteiger partial charge in [0, 0.05) is 60.8 Å². The van der Waals surface area contributed by atoms with E-state index in [2.05, 4.69) is 39.0 Å². The third kappa shape index (κ3) is 3.06. The lowest BCUT2D eigenvalue weighted by molar-refractivity contribution is -0.384. The van der Waals surface area contributed by atoms with Crippen molar-refractivity contribution in [1.82, 2.24) is 4.98 Å². The lowest BCUT2D eigenvalue weighted by atomic mass is 10.1. The van der Waals surface area contributed by atoms with Crippen molar-refractivity contribution in [3.05, 3.63) is 70.4 Å². The zero-order valence-electron chi connectivity index (χ0n) is 14.6. The maximum Gasteiger partial charge on any atom is 0.269 e. The van der Waals surface area contributed by atoms with Crippen molar-refractivity contribution >= 4 is 28.0 Å². The van der Waals surface area contributed by atoms with Crippen LogP contribution >= 0.6 is 0 Å². The molecule has 4 rings (SSSR count). The van der Waals surface area contributed by atoms with Gasteiger partial charge in [-0.15, -0.1) is 0 Å². The van der Waals surface area contributed by atoms with Crippen LogP contribution in [0.2, 0.25) is 0 Å². The van der Waals surface area contributed by atoms with Crippen LogP contribution in [-0.2, 0) is 0 Å². The highest BCUT2D eigenvalue weighted by molar-refractivity contribution is 5.92. The fraction of sp³-hybridized carbons (Fsp3) is 0.250. The molecule has 0 aliphatic carbocycles. The summed E-state index contributed by atoms with van der Waals surface area (Å²) in [5, 5.41) is 12.0. The highest BCUT2D eigenvalue weighted by Gasteiger charge is 2.20. The first-order chi connectivity index (χ1) is 12.6. The van der Waals surface area contributed by atoms with Gasteiger partial charge in [-0.3, -0.25) is 15.1 Å². The first-order valence-electron chi connectivity index (χ1n) is 8.72. The summed E-state index contributed by atoms with van der Waals surface area (Å²) >= 11 is 0. The van der Waals surface area contributed by atoms with Gasteiger partial charge in [-0.25, -0.2) is 0 Å². The van der Waals surface area contributed by atoms with E-state index in [1.165, 1.54) is 11.1 Å². The third-order valence-electron chi connectivity index (χ3n) is 4.87. The Hall–Kier alpha value is -3.15. The van der Waals surface area contributed by atoms with Gasteiger partial charge in [0.15, 0.2) is 0 Å². The van der Waals surface area contributed by atoms with Crippen LogP contribution in [0, 0.1) is 17.0 Å². The first kappa shape index (κ1) is 16.3. The molecule has 26 heavy (non-hydrogen) atoms. The van der Waals surface area contributed by atoms with Gasteiger partial charge in [0.1, 0.15) is 0 Å². The van der Waals surface area contributed by atoms with Crippen molar-refractivity contribution < 1.29 is 4.92 Å². The summed E-state index contributed by atoms with van der Waals surface area (Å²) in [6.07, 6.45) is 0. The van der Waals surface area contributed by atoms with Crippen LogP contribution in [-0.4, -0.2) is 36.1 Å². The number of aryl methyl sites for hydroxylation is 1. The summed E-state index contributed by atoms with van der Waals surface area (Å²) in [6.45, 7) is 5.61. The molecule has 3 aromatic rings. The predicted molar refractivity (Wildman–Crippen MR) is 104 cm³/mol. The predicted octanol–water partition coefficient (Wildman–Crippen LogP) is 3.78. The van der Waals surface area contributed by atoms with E-state index in [9.17, 15) is 10.1 Å². The minimum Gasteiger partial charge on any atom is -0.368 e. The number of nitrogens with zero attached hydrogens (tertiary/aromatic N) is 4. The molecular formula is C20H20N4O2. The van der Waals surface area contributed by atoms with E-state index in [0.29, 0.717) is 0 Å². The van der Waals surface area contributed by atoms with Gasteiger partial charge in [-0.2, -0.15) is 0 Å². The van der Waals surface area contributed by atoms with Gasteiger partial charge >= 0.3 is 0 Å². The minimum absolute atomic E-state index is 0.131. The summed E-state index contributed by atoms with van der Waals surface area (Å²) in [5.41, 5.74) is 4.45. The van der Waals surface area contributed by atoms with Gasteiger partial charge in [-0.1, -0.05) is 18.2 Å². The summed E-state index contributed by atoms with van der Waals surface area (Å²) in [4.78, 5) is 19.7. The molecule has 0 N–H and O–H groups in total. The van der Waals surface area contributed by atoms with Crippen molar-refractivity contribution in [2.45, 2.75) is 6.92 Å².